The van der Waals surface area contributed by atoms with Gasteiger partial charge in [-0.25, -0.2) is 4.79 Å². The lowest BCUT2D eigenvalue weighted by Gasteiger charge is -2.29. The summed E-state index contributed by atoms with van der Waals surface area (Å²) >= 11 is 0. The molecule has 0 aromatic heterocycles. The lowest BCUT2D eigenvalue weighted by molar-refractivity contribution is 0.0697. The first-order valence-corrected chi connectivity index (χ1v) is 9.63. The Balaban J connectivity index is 0.00000126. The van der Waals surface area contributed by atoms with Gasteiger partial charge in [-0.15, -0.1) is 0 Å². The zero-order valence-electron chi connectivity index (χ0n) is 16.8. The predicted molar refractivity (Wildman–Crippen MR) is 109 cm³/mol. The van der Waals surface area contributed by atoms with Crippen molar-refractivity contribution in [2.24, 2.45) is 5.16 Å². The molecule has 144 valence electrons. The van der Waals surface area contributed by atoms with Crippen molar-refractivity contribution in [3.05, 3.63) is 69.8 Å². The normalized spacial score (nSPS) is 18.9. The number of carboxylic acids is 1. The van der Waals surface area contributed by atoms with E-state index in [9.17, 15) is 10.0 Å². The third-order valence-corrected chi connectivity index (χ3v) is 5.28. The summed E-state index contributed by atoms with van der Waals surface area (Å²) in [4.78, 5) is 11.0. The van der Waals surface area contributed by atoms with Crippen molar-refractivity contribution in [1.29, 1.82) is 0 Å². The van der Waals surface area contributed by atoms with Gasteiger partial charge in [0.05, 0.1) is 5.56 Å². The van der Waals surface area contributed by atoms with E-state index >= 15 is 0 Å². The van der Waals surface area contributed by atoms with Gasteiger partial charge >= 0.3 is 5.97 Å². The fourth-order valence-electron chi connectivity index (χ4n) is 3.70. The summed E-state index contributed by atoms with van der Waals surface area (Å²) in [5, 5.41) is 22.2. The third kappa shape index (κ3) is 4.21. The van der Waals surface area contributed by atoms with Crippen LogP contribution in [0.4, 0.5) is 0 Å². The van der Waals surface area contributed by atoms with Crippen molar-refractivity contribution in [1.82, 2.24) is 0 Å². The fraction of sp³-hybridized carbons (Fsp3) is 0.391. The van der Waals surface area contributed by atoms with E-state index in [2.05, 4.69) is 31.1 Å². The molecule has 2 aromatic carbocycles. The summed E-state index contributed by atoms with van der Waals surface area (Å²) in [7, 11) is 0. The van der Waals surface area contributed by atoms with Crippen LogP contribution >= 0.6 is 0 Å². The molecule has 0 saturated heterocycles. The maximum atomic E-state index is 11.0. The molecule has 0 fully saturated rings. The third-order valence-electron chi connectivity index (χ3n) is 5.28. The van der Waals surface area contributed by atoms with E-state index in [1.807, 2.05) is 20.8 Å². The maximum Gasteiger partial charge on any atom is 0.335 e. The summed E-state index contributed by atoms with van der Waals surface area (Å²) in [5.41, 5.74) is 6.06. The van der Waals surface area contributed by atoms with Crippen molar-refractivity contribution in [2.45, 2.75) is 59.3 Å². The summed E-state index contributed by atoms with van der Waals surface area (Å²) < 4.78 is 0. The predicted octanol–water partition coefficient (Wildman–Crippen LogP) is 5.95. The molecule has 4 nitrogen and oxygen atoms in total. The Morgan fingerprint density at radius 2 is 1.44 bits per heavy atom. The van der Waals surface area contributed by atoms with Crippen LogP contribution in [0.2, 0.25) is 0 Å². The lowest BCUT2D eigenvalue weighted by atomic mass is 9.76. The van der Waals surface area contributed by atoms with Gasteiger partial charge in [0.15, 0.2) is 0 Å². The number of oxime groups is 1. The zero-order chi connectivity index (χ0) is 20.1. The minimum Gasteiger partial charge on any atom is -0.478 e. The first-order valence-electron chi connectivity index (χ1n) is 9.63. The molecule has 0 spiro atoms. The number of carboxylic acid groups (broad SMARTS) is 1. The highest BCUT2D eigenvalue weighted by atomic mass is 16.4. The van der Waals surface area contributed by atoms with Crippen LogP contribution < -0.4 is 0 Å². The average Bonchev–Trinajstić information content (AvgIpc) is 2.68. The summed E-state index contributed by atoms with van der Waals surface area (Å²) in [6, 6.07) is 10.8. The Kier molecular flexibility index (Phi) is 6.78. The second-order valence-electron chi connectivity index (χ2n) is 7.01. The van der Waals surface area contributed by atoms with E-state index in [0.29, 0.717) is 23.1 Å². The number of rotatable bonds is 3. The van der Waals surface area contributed by atoms with Crippen LogP contribution in [0.5, 0.6) is 0 Å². The molecular formula is C23H29NO3. The molecule has 4 heteroatoms. The first kappa shape index (κ1) is 20.7. The molecule has 1 aliphatic rings. The Morgan fingerprint density at radius 1 is 0.963 bits per heavy atom. The van der Waals surface area contributed by atoms with E-state index in [-0.39, 0.29) is 5.56 Å². The van der Waals surface area contributed by atoms with E-state index < -0.39 is 5.97 Å². The second-order valence-corrected chi connectivity index (χ2v) is 7.01. The molecule has 27 heavy (non-hydrogen) atoms. The summed E-state index contributed by atoms with van der Waals surface area (Å²) in [6.45, 7) is 10.5. The number of aryl methyl sites for hydroxylation is 1. The number of hydrogen-bond donors (Lipinski definition) is 2. The molecule has 2 atom stereocenters. The zero-order valence-corrected chi connectivity index (χ0v) is 16.8. The van der Waals surface area contributed by atoms with Crippen molar-refractivity contribution in [2.75, 3.05) is 0 Å². The van der Waals surface area contributed by atoms with Gasteiger partial charge in [0.1, 0.15) is 5.71 Å². The van der Waals surface area contributed by atoms with Gasteiger partial charge in [-0.05, 0) is 66.5 Å². The molecule has 0 amide bonds. The molecule has 0 radical (unpaired) electrons. The number of carbonyl (C=O) groups is 1. The van der Waals surface area contributed by atoms with Gasteiger partial charge < -0.3 is 10.3 Å². The fourth-order valence-corrected chi connectivity index (χ4v) is 3.70. The highest BCUT2D eigenvalue weighted by Crippen LogP contribution is 2.39. The average molecular weight is 367 g/mol. The first-order chi connectivity index (χ1) is 12.9. The van der Waals surface area contributed by atoms with Gasteiger partial charge in [0.2, 0.25) is 0 Å². The molecule has 0 heterocycles. The van der Waals surface area contributed by atoms with Crippen molar-refractivity contribution in [3.63, 3.8) is 0 Å². The molecule has 3 rings (SSSR count). The minimum absolute atomic E-state index is 0.214. The molecule has 2 aromatic rings. The maximum absolute atomic E-state index is 11.0. The number of fused-ring (bicyclic) bond motifs is 1. The molecule has 0 saturated carbocycles. The van der Waals surface area contributed by atoms with Crippen LogP contribution in [-0.2, 0) is 0 Å². The SMILES string of the molecule is CC.Cc1cc2c(cc1/C(=N\O)c1ccc(C(=O)O)cc1)C(C)CCC2C. The van der Waals surface area contributed by atoms with Gasteiger partial charge in [-0.3, -0.25) is 0 Å². The Labute approximate surface area is 161 Å². The number of hydrogen-bond acceptors (Lipinski definition) is 3. The van der Waals surface area contributed by atoms with Crippen molar-refractivity contribution < 1.29 is 15.1 Å². The van der Waals surface area contributed by atoms with Crippen LogP contribution in [0.15, 0.2) is 41.6 Å². The van der Waals surface area contributed by atoms with Crippen molar-refractivity contribution in [3.8, 4) is 0 Å². The van der Waals surface area contributed by atoms with Crippen LogP contribution in [0.1, 0.15) is 90.5 Å². The van der Waals surface area contributed by atoms with E-state index in [1.165, 1.54) is 29.7 Å². The standard InChI is InChI=1S/C21H23NO3.C2H6/c1-12-4-5-13(2)18-11-19(14(3)10-17(12)18)20(22-25)15-6-8-16(9-7-15)21(23)24;1-2/h6-13,25H,4-5H2,1-3H3,(H,23,24);1-2H3/b22-20-;. The van der Waals surface area contributed by atoms with Crippen LogP contribution in [0, 0.1) is 6.92 Å². The van der Waals surface area contributed by atoms with E-state index in [4.69, 9.17) is 5.11 Å². The highest BCUT2D eigenvalue weighted by Gasteiger charge is 2.24. The Morgan fingerprint density at radius 3 is 1.93 bits per heavy atom. The highest BCUT2D eigenvalue weighted by molar-refractivity contribution is 6.13. The van der Waals surface area contributed by atoms with Crippen molar-refractivity contribution >= 4 is 11.7 Å². The van der Waals surface area contributed by atoms with Gasteiger partial charge in [0.25, 0.3) is 0 Å². The topological polar surface area (TPSA) is 69.9 Å². The Bertz CT molecular complexity index is 837. The van der Waals surface area contributed by atoms with Gasteiger partial charge in [-0.2, -0.15) is 0 Å². The second kappa shape index (κ2) is 8.85. The smallest absolute Gasteiger partial charge is 0.335 e. The molecular weight excluding hydrogens is 338 g/mol. The van der Waals surface area contributed by atoms with Gasteiger partial charge in [-0.1, -0.05) is 51.0 Å². The number of benzene rings is 2. The summed E-state index contributed by atoms with van der Waals surface area (Å²) in [5.74, 6) is 0.0602. The van der Waals surface area contributed by atoms with Crippen LogP contribution in [-0.4, -0.2) is 22.0 Å². The molecule has 2 N–H and O–H groups in total. The van der Waals surface area contributed by atoms with E-state index in [1.54, 1.807) is 12.1 Å². The minimum atomic E-state index is -0.971. The number of aromatic carboxylic acids is 1. The Hall–Kier alpha value is -2.62. The molecule has 2 unspecified atom stereocenters. The number of nitrogens with zero attached hydrogens (tertiary/aromatic N) is 1. The van der Waals surface area contributed by atoms with Gasteiger partial charge in [0, 0.05) is 11.1 Å². The van der Waals surface area contributed by atoms with Crippen LogP contribution in [0.25, 0.3) is 0 Å². The largest absolute Gasteiger partial charge is 0.478 e. The molecule has 1 aliphatic carbocycles. The summed E-state index contributed by atoms with van der Waals surface area (Å²) in [6.07, 6.45) is 2.36. The molecule has 0 bridgehead atoms. The molecule has 0 aliphatic heterocycles. The van der Waals surface area contributed by atoms with E-state index in [0.717, 1.165) is 17.5 Å². The lowest BCUT2D eigenvalue weighted by Crippen LogP contribution is -2.14. The van der Waals surface area contributed by atoms with Crippen LogP contribution in [0.3, 0.4) is 0 Å². The monoisotopic (exact) mass is 367 g/mol. The quantitative estimate of drug-likeness (QED) is 0.400.